The number of carbonyl (C=O) groups is 2. The van der Waals surface area contributed by atoms with E-state index in [1.807, 2.05) is 0 Å². The first-order valence-electron chi connectivity index (χ1n) is 6.12. The molecule has 2 rings (SSSR count). The van der Waals surface area contributed by atoms with E-state index in [1.165, 1.54) is 25.1 Å². The number of nitrogens with zero attached hydrogens (tertiary/aromatic N) is 3. The highest BCUT2D eigenvalue weighted by Gasteiger charge is 2.43. The molecule has 6 nitrogen and oxygen atoms in total. The lowest BCUT2D eigenvalue weighted by Gasteiger charge is -2.22. The summed E-state index contributed by atoms with van der Waals surface area (Å²) in [4.78, 5) is 30.4. The molecule has 0 fully saturated rings. The normalized spacial score (nSPS) is 11.5. The highest BCUT2D eigenvalue weighted by molar-refractivity contribution is 6.04. The van der Waals surface area contributed by atoms with Crippen LogP contribution < -0.4 is 4.90 Å². The quantitative estimate of drug-likeness (QED) is 0.939. The second-order valence-electron chi connectivity index (χ2n) is 4.28. The summed E-state index contributed by atoms with van der Waals surface area (Å²) in [6.07, 6.45) is -4.05. The standard InChI is InChI=1S/C13H10F3N3O3/c1-2-19(12(22)13(14,15)16)10-8-4-3-7(11(20)21)5-9(8)17-6-18-10/h3-6H,2H2,1H3,(H,20,21). The predicted molar refractivity (Wildman–Crippen MR) is 70.6 cm³/mol. The van der Waals surface area contributed by atoms with Crippen LogP contribution in [0.15, 0.2) is 24.5 Å². The second kappa shape index (κ2) is 5.58. The molecule has 0 spiro atoms. The summed E-state index contributed by atoms with van der Waals surface area (Å²) in [5.41, 5.74) is 0.0701. The number of amides is 1. The molecule has 9 heteroatoms. The lowest BCUT2D eigenvalue weighted by atomic mass is 10.1. The third-order valence-corrected chi connectivity index (χ3v) is 2.92. The average molecular weight is 313 g/mol. The van der Waals surface area contributed by atoms with E-state index >= 15 is 0 Å². The van der Waals surface area contributed by atoms with Crippen LogP contribution in [0.25, 0.3) is 10.9 Å². The summed E-state index contributed by atoms with van der Waals surface area (Å²) >= 11 is 0. The number of fused-ring (bicyclic) bond motifs is 1. The topological polar surface area (TPSA) is 83.4 Å². The van der Waals surface area contributed by atoms with Gasteiger partial charge in [0, 0.05) is 11.9 Å². The number of rotatable bonds is 3. The van der Waals surface area contributed by atoms with Crippen LogP contribution in [0.5, 0.6) is 0 Å². The van der Waals surface area contributed by atoms with Crippen molar-refractivity contribution in [3.63, 3.8) is 0 Å². The van der Waals surface area contributed by atoms with Crippen molar-refractivity contribution in [1.29, 1.82) is 0 Å². The van der Waals surface area contributed by atoms with Crippen molar-refractivity contribution in [2.75, 3.05) is 11.4 Å². The fourth-order valence-corrected chi connectivity index (χ4v) is 1.93. The number of carboxylic acids is 1. The van der Waals surface area contributed by atoms with E-state index in [0.717, 1.165) is 6.33 Å². The number of anilines is 1. The molecular weight excluding hydrogens is 303 g/mol. The lowest BCUT2D eigenvalue weighted by molar-refractivity contribution is -0.170. The van der Waals surface area contributed by atoms with Gasteiger partial charge in [-0.2, -0.15) is 13.2 Å². The van der Waals surface area contributed by atoms with Gasteiger partial charge in [0.2, 0.25) is 0 Å². The van der Waals surface area contributed by atoms with E-state index in [4.69, 9.17) is 5.11 Å². The van der Waals surface area contributed by atoms with Gasteiger partial charge in [0.15, 0.2) is 0 Å². The Morgan fingerprint density at radius 1 is 1.27 bits per heavy atom. The molecule has 0 atom stereocenters. The summed E-state index contributed by atoms with van der Waals surface area (Å²) in [5, 5.41) is 9.07. The minimum Gasteiger partial charge on any atom is -0.478 e. The second-order valence-corrected chi connectivity index (χ2v) is 4.28. The van der Waals surface area contributed by atoms with Crippen molar-refractivity contribution in [2.24, 2.45) is 0 Å². The molecule has 0 aliphatic heterocycles. The SMILES string of the molecule is CCN(C(=O)C(F)(F)F)c1ncnc2cc(C(=O)O)ccc12. The van der Waals surface area contributed by atoms with Crippen molar-refractivity contribution in [1.82, 2.24) is 9.97 Å². The third kappa shape index (κ3) is 2.83. The molecule has 116 valence electrons. The summed E-state index contributed by atoms with van der Waals surface area (Å²) < 4.78 is 37.9. The molecule has 1 aromatic carbocycles. The van der Waals surface area contributed by atoms with Gasteiger partial charge in [-0.3, -0.25) is 9.69 Å². The average Bonchev–Trinajstić information content (AvgIpc) is 2.46. The fourth-order valence-electron chi connectivity index (χ4n) is 1.93. The molecule has 0 saturated carbocycles. The number of aromatic nitrogens is 2. The minimum atomic E-state index is -5.03. The molecule has 0 bridgehead atoms. The largest absolute Gasteiger partial charge is 0.478 e. The zero-order chi connectivity index (χ0) is 16.5. The summed E-state index contributed by atoms with van der Waals surface area (Å²) in [5.74, 6) is -3.45. The van der Waals surface area contributed by atoms with E-state index in [-0.39, 0.29) is 28.8 Å². The van der Waals surface area contributed by atoms with Crippen LogP contribution in [0.1, 0.15) is 17.3 Å². The first kappa shape index (κ1) is 15.7. The molecule has 1 heterocycles. The summed E-state index contributed by atoms with van der Waals surface area (Å²) in [6, 6.07) is 3.69. The molecule has 0 aliphatic rings. The van der Waals surface area contributed by atoms with Crippen LogP contribution in [-0.4, -0.2) is 39.7 Å². The van der Waals surface area contributed by atoms with Crippen LogP contribution in [0.4, 0.5) is 19.0 Å². The van der Waals surface area contributed by atoms with Crippen LogP contribution in [0, 0.1) is 0 Å². The van der Waals surface area contributed by atoms with Gasteiger partial charge in [0.05, 0.1) is 11.1 Å². The van der Waals surface area contributed by atoms with Crippen molar-refractivity contribution in [3.8, 4) is 0 Å². The van der Waals surface area contributed by atoms with Gasteiger partial charge >= 0.3 is 18.1 Å². The number of alkyl halides is 3. The Morgan fingerprint density at radius 3 is 2.50 bits per heavy atom. The Morgan fingerprint density at radius 2 is 1.95 bits per heavy atom. The van der Waals surface area contributed by atoms with Crippen molar-refractivity contribution < 1.29 is 27.9 Å². The van der Waals surface area contributed by atoms with Gasteiger partial charge in [-0.1, -0.05) is 0 Å². The first-order chi connectivity index (χ1) is 10.3. The van der Waals surface area contributed by atoms with Crippen LogP contribution in [0.2, 0.25) is 0 Å². The highest BCUT2D eigenvalue weighted by Crippen LogP contribution is 2.27. The van der Waals surface area contributed by atoms with Crippen molar-refractivity contribution in [2.45, 2.75) is 13.1 Å². The minimum absolute atomic E-state index is 0.0673. The molecule has 1 aromatic heterocycles. The van der Waals surface area contributed by atoms with Gasteiger partial charge in [0.25, 0.3) is 0 Å². The molecule has 22 heavy (non-hydrogen) atoms. The fraction of sp³-hybridized carbons (Fsp3) is 0.231. The van der Waals surface area contributed by atoms with E-state index in [1.54, 1.807) is 0 Å². The smallest absolute Gasteiger partial charge is 0.471 e. The molecule has 0 radical (unpaired) electrons. The molecular formula is C13H10F3N3O3. The lowest BCUT2D eigenvalue weighted by Crippen LogP contribution is -2.41. The molecule has 0 saturated heterocycles. The Bertz CT molecular complexity index is 746. The van der Waals surface area contributed by atoms with Gasteiger partial charge in [0.1, 0.15) is 12.1 Å². The Hall–Kier alpha value is -2.71. The number of carboxylic acid groups (broad SMARTS) is 1. The molecule has 2 aromatic rings. The van der Waals surface area contributed by atoms with E-state index in [2.05, 4.69) is 9.97 Å². The predicted octanol–water partition coefficient (Wildman–Crippen LogP) is 2.24. The highest BCUT2D eigenvalue weighted by atomic mass is 19.4. The first-order valence-corrected chi connectivity index (χ1v) is 6.12. The number of benzene rings is 1. The van der Waals surface area contributed by atoms with Gasteiger partial charge < -0.3 is 5.11 Å². The van der Waals surface area contributed by atoms with E-state index < -0.39 is 18.1 Å². The third-order valence-electron chi connectivity index (χ3n) is 2.92. The Labute approximate surface area is 122 Å². The van der Waals surface area contributed by atoms with Crippen molar-refractivity contribution >= 4 is 28.6 Å². The zero-order valence-corrected chi connectivity index (χ0v) is 11.3. The summed E-state index contributed by atoms with van der Waals surface area (Å²) in [6.45, 7) is 1.13. The molecule has 1 amide bonds. The van der Waals surface area contributed by atoms with Gasteiger partial charge in [-0.05, 0) is 25.1 Å². The Kier molecular flexibility index (Phi) is 3.98. The van der Waals surface area contributed by atoms with E-state index in [0.29, 0.717) is 4.90 Å². The van der Waals surface area contributed by atoms with Gasteiger partial charge in [-0.15, -0.1) is 0 Å². The van der Waals surface area contributed by atoms with Crippen molar-refractivity contribution in [3.05, 3.63) is 30.1 Å². The van der Waals surface area contributed by atoms with Crippen LogP contribution in [0.3, 0.4) is 0 Å². The molecule has 0 unspecified atom stereocenters. The zero-order valence-electron chi connectivity index (χ0n) is 11.3. The molecule has 1 N–H and O–H groups in total. The summed E-state index contributed by atoms with van der Waals surface area (Å²) in [7, 11) is 0. The van der Waals surface area contributed by atoms with Gasteiger partial charge in [-0.25, -0.2) is 14.8 Å². The number of hydrogen-bond donors (Lipinski definition) is 1. The number of halogens is 3. The number of carbonyl (C=O) groups excluding carboxylic acids is 1. The molecule has 0 aliphatic carbocycles. The van der Waals surface area contributed by atoms with E-state index in [9.17, 15) is 22.8 Å². The maximum Gasteiger partial charge on any atom is 0.471 e. The Balaban J connectivity index is 2.59. The van der Waals surface area contributed by atoms with Crippen LogP contribution in [-0.2, 0) is 4.79 Å². The number of hydrogen-bond acceptors (Lipinski definition) is 4. The maximum atomic E-state index is 12.6. The number of aromatic carboxylic acids is 1. The van der Waals surface area contributed by atoms with Crippen LogP contribution >= 0.6 is 0 Å². The monoisotopic (exact) mass is 313 g/mol. The maximum absolute atomic E-state index is 12.6.